The van der Waals surface area contributed by atoms with E-state index in [0.717, 1.165) is 6.07 Å². The van der Waals surface area contributed by atoms with Gasteiger partial charge in [0.05, 0.1) is 16.6 Å². The molecular formula is C9H7BrF2O2. The van der Waals surface area contributed by atoms with Crippen molar-refractivity contribution in [2.45, 2.75) is 6.92 Å². The molecule has 1 rings (SSSR count). The Morgan fingerprint density at radius 1 is 1.57 bits per heavy atom. The molecule has 5 heteroatoms. The Kier molecular flexibility index (Phi) is 3.57. The van der Waals surface area contributed by atoms with E-state index in [1.165, 1.54) is 0 Å². The molecule has 0 aliphatic rings. The average molecular weight is 265 g/mol. The van der Waals surface area contributed by atoms with Gasteiger partial charge in [0.1, 0.15) is 5.75 Å². The van der Waals surface area contributed by atoms with Gasteiger partial charge in [-0.15, -0.1) is 0 Å². The van der Waals surface area contributed by atoms with E-state index in [1.807, 2.05) is 0 Å². The van der Waals surface area contributed by atoms with Crippen LogP contribution in [0, 0.1) is 11.6 Å². The zero-order chi connectivity index (χ0) is 10.7. The van der Waals surface area contributed by atoms with Crippen molar-refractivity contribution in [1.82, 2.24) is 0 Å². The van der Waals surface area contributed by atoms with Crippen LogP contribution in [0.2, 0.25) is 0 Å². The van der Waals surface area contributed by atoms with E-state index in [0.29, 0.717) is 6.29 Å². The number of halogens is 3. The molecule has 0 aromatic heterocycles. The maximum absolute atomic E-state index is 13.0. The van der Waals surface area contributed by atoms with Crippen molar-refractivity contribution < 1.29 is 18.3 Å². The molecular weight excluding hydrogens is 258 g/mol. The summed E-state index contributed by atoms with van der Waals surface area (Å²) in [6, 6.07) is 0.804. The Balaban J connectivity index is 3.36. The van der Waals surface area contributed by atoms with Gasteiger partial charge in [0.15, 0.2) is 17.9 Å². The van der Waals surface area contributed by atoms with E-state index < -0.39 is 11.6 Å². The zero-order valence-electron chi connectivity index (χ0n) is 7.31. The van der Waals surface area contributed by atoms with Crippen LogP contribution >= 0.6 is 15.9 Å². The van der Waals surface area contributed by atoms with Crippen LogP contribution in [-0.4, -0.2) is 12.9 Å². The first-order chi connectivity index (χ1) is 6.61. The highest BCUT2D eigenvalue weighted by Gasteiger charge is 2.17. The third-order valence-corrected chi connectivity index (χ3v) is 2.27. The number of rotatable bonds is 3. The number of ether oxygens (including phenoxy) is 1. The van der Waals surface area contributed by atoms with Crippen molar-refractivity contribution in [2.24, 2.45) is 0 Å². The Bertz CT molecular complexity index is 366. The second-order valence-electron chi connectivity index (χ2n) is 2.46. The fraction of sp³-hybridized carbons (Fsp3) is 0.222. The SMILES string of the molecule is CCOc1c(C=O)cc(F)c(F)c1Br. The number of hydrogen-bond acceptors (Lipinski definition) is 2. The lowest BCUT2D eigenvalue weighted by Gasteiger charge is -2.09. The Labute approximate surface area is 88.0 Å². The number of hydrogen-bond donors (Lipinski definition) is 0. The first kappa shape index (κ1) is 11.1. The van der Waals surface area contributed by atoms with Crippen molar-refractivity contribution in [1.29, 1.82) is 0 Å². The third-order valence-electron chi connectivity index (χ3n) is 1.56. The maximum atomic E-state index is 13.0. The van der Waals surface area contributed by atoms with Crippen molar-refractivity contribution in [2.75, 3.05) is 6.61 Å². The highest BCUT2D eigenvalue weighted by molar-refractivity contribution is 9.10. The summed E-state index contributed by atoms with van der Waals surface area (Å²) in [5.41, 5.74) is -0.0161. The molecule has 0 fully saturated rings. The van der Waals surface area contributed by atoms with Crippen LogP contribution in [0.4, 0.5) is 8.78 Å². The summed E-state index contributed by atoms with van der Waals surface area (Å²) in [4.78, 5) is 10.5. The topological polar surface area (TPSA) is 26.3 Å². The minimum absolute atomic E-state index is 0.0161. The molecule has 0 amide bonds. The van der Waals surface area contributed by atoms with E-state index >= 15 is 0 Å². The second kappa shape index (κ2) is 4.50. The highest BCUT2D eigenvalue weighted by Crippen LogP contribution is 2.32. The zero-order valence-corrected chi connectivity index (χ0v) is 8.90. The molecule has 0 radical (unpaired) electrons. The monoisotopic (exact) mass is 264 g/mol. The van der Waals surface area contributed by atoms with Crippen LogP contribution in [-0.2, 0) is 0 Å². The first-order valence-corrected chi connectivity index (χ1v) is 4.66. The standard InChI is InChI=1S/C9H7BrF2O2/c1-2-14-9-5(4-13)3-6(11)8(12)7(9)10/h3-4H,2H2,1H3. The molecule has 0 aliphatic carbocycles. The van der Waals surface area contributed by atoms with Crippen molar-refractivity contribution in [3.05, 3.63) is 27.7 Å². The Hall–Kier alpha value is -0.970. The van der Waals surface area contributed by atoms with Gasteiger partial charge in [-0.2, -0.15) is 0 Å². The van der Waals surface area contributed by atoms with Gasteiger partial charge in [0.2, 0.25) is 0 Å². The molecule has 0 spiro atoms. The lowest BCUT2D eigenvalue weighted by atomic mass is 10.2. The number of aldehydes is 1. The number of carbonyl (C=O) groups excluding carboxylic acids is 1. The minimum Gasteiger partial charge on any atom is -0.492 e. The van der Waals surface area contributed by atoms with Crippen molar-refractivity contribution in [3.63, 3.8) is 0 Å². The normalized spacial score (nSPS) is 10.0. The van der Waals surface area contributed by atoms with E-state index in [-0.39, 0.29) is 22.4 Å². The van der Waals surface area contributed by atoms with Gasteiger partial charge in [-0.1, -0.05) is 0 Å². The van der Waals surface area contributed by atoms with E-state index in [1.54, 1.807) is 6.92 Å². The Morgan fingerprint density at radius 2 is 2.21 bits per heavy atom. The molecule has 1 aromatic rings. The summed E-state index contributed by atoms with van der Waals surface area (Å²) in [6.45, 7) is 1.95. The molecule has 0 N–H and O–H groups in total. The number of carbonyl (C=O) groups is 1. The van der Waals surface area contributed by atoms with E-state index in [4.69, 9.17) is 4.74 Å². The molecule has 0 saturated heterocycles. The summed E-state index contributed by atoms with van der Waals surface area (Å²) in [7, 11) is 0. The molecule has 2 nitrogen and oxygen atoms in total. The number of benzene rings is 1. The first-order valence-electron chi connectivity index (χ1n) is 3.87. The largest absolute Gasteiger partial charge is 0.492 e. The van der Waals surface area contributed by atoms with Gasteiger partial charge in [-0.25, -0.2) is 8.78 Å². The summed E-state index contributed by atoms with van der Waals surface area (Å²) in [6.07, 6.45) is 0.415. The fourth-order valence-corrected chi connectivity index (χ4v) is 1.51. The molecule has 0 aliphatic heterocycles. The highest BCUT2D eigenvalue weighted by atomic mass is 79.9. The Morgan fingerprint density at radius 3 is 2.71 bits per heavy atom. The predicted octanol–water partition coefficient (Wildman–Crippen LogP) is 2.94. The predicted molar refractivity (Wildman–Crippen MR) is 50.6 cm³/mol. The summed E-state index contributed by atoms with van der Waals surface area (Å²) in [5.74, 6) is -2.11. The fourth-order valence-electron chi connectivity index (χ4n) is 0.975. The van der Waals surface area contributed by atoms with Crippen LogP contribution in [0.3, 0.4) is 0 Å². The lowest BCUT2D eigenvalue weighted by molar-refractivity contribution is 0.111. The lowest BCUT2D eigenvalue weighted by Crippen LogP contribution is -2.00. The molecule has 1 aromatic carbocycles. The summed E-state index contributed by atoms with van der Waals surface area (Å²) in [5, 5.41) is 0. The minimum atomic E-state index is -1.08. The van der Waals surface area contributed by atoms with E-state index in [2.05, 4.69) is 15.9 Å². The van der Waals surface area contributed by atoms with Crippen LogP contribution in [0.1, 0.15) is 17.3 Å². The van der Waals surface area contributed by atoms with Crippen molar-refractivity contribution >= 4 is 22.2 Å². The maximum Gasteiger partial charge on any atom is 0.176 e. The quantitative estimate of drug-likeness (QED) is 0.620. The molecule has 0 atom stereocenters. The van der Waals surface area contributed by atoms with Crippen molar-refractivity contribution in [3.8, 4) is 5.75 Å². The summed E-state index contributed by atoms with van der Waals surface area (Å²) >= 11 is 2.82. The molecule has 76 valence electrons. The van der Waals surface area contributed by atoms with Gasteiger partial charge >= 0.3 is 0 Å². The van der Waals surface area contributed by atoms with E-state index in [9.17, 15) is 13.6 Å². The van der Waals surface area contributed by atoms with Crippen LogP contribution in [0.25, 0.3) is 0 Å². The van der Waals surface area contributed by atoms with Crippen LogP contribution < -0.4 is 4.74 Å². The van der Waals surface area contributed by atoms with Crippen LogP contribution in [0.5, 0.6) is 5.75 Å². The molecule has 0 unspecified atom stereocenters. The average Bonchev–Trinajstić information content (AvgIpc) is 2.19. The van der Waals surface area contributed by atoms with Gasteiger partial charge in [0.25, 0.3) is 0 Å². The molecule has 14 heavy (non-hydrogen) atoms. The third kappa shape index (κ3) is 1.92. The smallest absolute Gasteiger partial charge is 0.176 e. The van der Waals surface area contributed by atoms with Crippen LogP contribution in [0.15, 0.2) is 10.5 Å². The molecule has 0 bridgehead atoms. The summed E-state index contributed by atoms with van der Waals surface area (Å²) < 4.78 is 30.7. The van der Waals surface area contributed by atoms with Gasteiger partial charge in [0, 0.05) is 0 Å². The molecule has 0 saturated carbocycles. The second-order valence-corrected chi connectivity index (χ2v) is 3.25. The molecule has 0 heterocycles. The van der Waals surface area contributed by atoms with Gasteiger partial charge < -0.3 is 4.74 Å². The van der Waals surface area contributed by atoms with Gasteiger partial charge in [-0.3, -0.25) is 4.79 Å². The van der Waals surface area contributed by atoms with Gasteiger partial charge in [-0.05, 0) is 28.9 Å².